The third kappa shape index (κ3) is 3.33. The zero-order valence-electron chi connectivity index (χ0n) is 19.9. The lowest BCUT2D eigenvalue weighted by Gasteiger charge is -2.54. The first-order valence-corrected chi connectivity index (χ1v) is 12.3. The van der Waals surface area contributed by atoms with Crippen LogP contribution in [-0.2, 0) is 11.0 Å². The van der Waals surface area contributed by atoms with Crippen LogP contribution in [0, 0.1) is 35.0 Å². The number of aliphatic hydroxyl groups is 1. The molecule has 0 unspecified atom stereocenters. The van der Waals surface area contributed by atoms with Crippen molar-refractivity contribution in [1.82, 2.24) is 0 Å². The quantitative estimate of drug-likeness (QED) is 0.471. The van der Waals surface area contributed by atoms with Gasteiger partial charge >= 0.3 is 6.18 Å². The standard InChI is InChI=1S/C29H31F3O2/c1-4-12-28(34)17(2)13-25-23-10-8-19-15-21(33)9-11-22(19)26(23)24(16-27(25,28)3)18-6-5-7-20(14-18)29(30,31)32/h5-7,14-15,17,23-25,34H,8-11,13,16H2,1-3H3/t17-,23+,24-,25+,27+,28+/m1/s1. The Morgan fingerprint density at radius 3 is 2.65 bits per heavy atom. The molecule has 6 atom stereocenters. The number of benzene rings is 1. The molecule has 0 bridgehead atoms. The first kappa shape index (κ1) is 23.4. The molecule has 0 aliphatic heterocycles. The van der Waals surface area contributed by atoms with Crippen molar-refractivity contribution in [1.29, 1.82) is 0 Å². The molecule has 0 heterocycles. The van der Waals surface area contributed by atoms with Gasteiger partial charge in [0.2, 0.25) is 0 Å². The first-order valence-electron chi connectivity index (χ1n) is 12.3. The van der Waals surface area contributed by atoms with Crippen molar-refractivity contribution in [2.75, 3.05) is 0 Å². The lowest BCUT2D eigenvalue weighted by Crippen LogP contribution is -2.52. The minimum absolute atomic E-state index is 0.0219. The smallest absolute Gasteiger partial charge is 0.377 e. The van der Waals surface area contributed by atoms with E-state index in [-0.39, 0.29) is 29.5 Å². The molecule has 180 valence electrons. The predicted octanol–water partition coefficient (Wildman–Crippen LogP) is 6.61. The molecule has 1 aromatic carbocycles. The summed E-state index contributed by atoms with van der Waals surface area (Å²) < 4.78 is 40.9. The number of allylic oxidation sites excluding steroid dienone is 4. The summed E-state index contributed by atoms with van der Waals surface area (Å²) in [7, 11) is 0. The number of halogens is 3. The van der Waals surface area contributed by atoms with Gasteiger partial charge in [0.15, 0.2) is 5.78 Å². The Kier molecular flexibility index (Phi) is 5.41. The highest BCUT2D eigenvalue weighted by atomic mass is 19.4. The van der Waals surface area contributed by atoms with Gasteiger partial charge in [0.05, 0.1) is 5.56 Å². The van der Waals surface area contributed by atoms with Crippen LogP contribution in [-0.4, -0.2) is 16.5 Å². The second-order valence-electron chi connectivity index (χ2n) is 10.9. The summed E-state index contributed by atoms with van der Waals surface area (Å²) in [6, 6.07) is 5.69. The van der Waals surface area contributed by atoms with E-state index in [4.69, 9.17) is 0 Å². The van der Waals surface area contributed by atoms with Crippen molar-refractivity contribution in [3.05, 3.63) is 58.2 Å². The molecule has 4 aliphatic rings. The van der Waals surface area contributed by atoms with Gasteiger partial charge < -0.3 is 5.11 Å². The molecule has 2 fully saturated rings. The van der Waals surface area contributed by atoms with Crippen LogP contribution in [0.1, 0.15) is 76.3 Å². The Morgan fingerprint density at radius 2 is 1.94 bits per heavy atom. The Labute approximate surface area is 199 Å². The molecule has 34 heavy (non-hydrogen) atoms. The van der Waals surface area contributed by atoms with Crippen LogP contribution in [0.25, 0.3) is 0 Å². The largest absolute Gasteiger partial charge is 0.416 e. The molecule has 2 saturated carbocycles. The number of rotatable bonds is 1. The molecule has 0 radical (unpaired) electrons. The third-order valence-electron chi connectivity index (χ3n) is 9.25. The SMILES string of the molecule is CC#C[C@]1(O)[C@H](C)C[C@H]2[C@@H]3CCC4=CC(=O)CCC4=C3[C@@H](c3cccc(C(F)(F)F)c3)C[C@@]21C. The van der Waals surface area contributed by atoms with E-state index in [0.717, 1.165) is 30.9 Å². The number of carbonyl (C=O) groups excluding carboxylic acids is 1. The van der Waals surface area contributed by atoms with E-state index in [2.05, 4.69) is 18.8 Å². The van der Waals surface area contributed by atoms with Gasteiger partial charge in [0, 0.05) is 17.8 Å². The van der Waals surface area contributed by atoms with Gasteiger partial charge in [-0.3, -0.25) is 4.79 Å². The maximum Gasteiger partial charge on any atom is 0.416 e. The van der Waals surface area contributed by atoms with Crippen LogP contribution in [0.15, 0.2) is 47.1 Å². The molecule has 5 rings (SSSR count). The van der Waals surface area contributed by atoms with Crippen LogP contribution < -0.4 is 0 Å². The summed E-state index contributed by atoms with van der Waals surface area (Å²) in [6.45, 7) is 5.88. The second kappa shape index (κ2) is 7.85. The molecule has 2 nitrogen and oxygen atoms in total. The molecule has 5 heteroatoms. The van der Waals surface area contributed by atoms with Crippen molar-refractivity contribution in [2.45, 2.75) is 77.0 Å². The second-order valence-corrected chi connectivity index (χ2v) is 10.9. The van der Waals surface area contributed by atoms with Gasteiger partial charge in [-0.25, -0.2) is 0 Å². The average Bonchev–Trinajstić information content (AvgIpc) is 2.98. The van der Waals surface area contributed by atoms with Gasteiger partial charge in [0.25, 0.3) is 0 Å². The Bertz CT molecular complexity index is 1160. The third-order valence-corrected chi connectivity index (χ3v) is 9.25. The Hall–Kier alpha value is -2.32. The molecule has 0 saturated heterocycles. The molecule has 1 N–H and O–H groups in total. The number of fused-ring (bicyclic) bond motifs is 4. The Morgan fingerprint density at radius 1 is 1.18 bits per heavy atom. The first-order chi connectivity index (χ1) is 16.0. The Balaban J connectivity index is 1.72. The fraction of sp³-hybridized carbons (Fsp3) is 0.552. The lowest BCUT2D eigenvalue weighted by atomic mass is 9.51. The van der Waals surface area contributed by atoms with Crippen LogP contribution >= 0.6 is 0 Å². The van der Waals surface area contributed by atoms with Crippen LogP contribution in [0.2, 0.25) is 0 Å². The summed E-state index contributed by atoms with van der Waals surface area (Å²) in [5.74, 6) is 6.32. The van der Waals surface area contributed by atoms with Crippen molar-refractivity contribution >= 4 is 5.78 Å². The highest BCUT2D eigenvalue weighted by Crippen LogP contribution is 2.68. The normalized spacial score (nSPS) is 37.3. The number of hydrogen-bond acceptors (Lipinski definition) is 2. The summed E-state index contributed by atoms with van der Waals surface area (Å²) in [6.07, 6.45) is 1.51. The van der Waals surface area contributed by atoms with E-state index in [9.17, 15) is 23.1 Å². The van der Waals surface area contributed by atoms with E-state index < -0.39 is 22.8 Å². The van der Waals surface area contributed by atoms with Gasteiger partial charge in [-0.15, -0.1) is 5.92 Å². The van der Waals surface area contributed by atoms with Crippen LogP contribution in [0.4, 0.5) is 13.2 Å². The summed E-state index contributed by atoms with van der Waals surface area (Å²) >= 11 is 0. The zero-order valence-corrected chi connectivity index (χ0v) is 19.9. The minimum Gasteiger partial charge on any atom is -0.377 e. The van der Waals surface area contributed by atoms with Gasteiger partial charge in [-0.1, -0.05) is 43.5 Å². The fourth-order valence-electron chi connectivity index (χ4n) is 7.68. The molecule has 0 amide bonds. The van der Waals surface area contributed by atoms with Crippen LogP contribution in [0.3, 0.4) is 0 Å². The monoisotopic (exact) mass is 468 g/mol. The van der Waals surface area contributed by atoms with Crippen molar-refractivity contribution < 1.29 is 23.1 Å². The maximum atomic E-state index is 13.6. The molecular weight excluding hydrogens is 437 g/mol. The van der Waals surface area contributed by atoms with E-state index in [1.807, 2.05) is 6.92 Å². The number of alkyl halides is 3. The lowest BCUT2D eigenvalue weighted by molar-refractivity contribution is -0.137. The molecule has 1 aromatic rings. The predicted molar refractivity (Wildman–Crippen MR) is 125 cm³/mol. The number of ketones is 1. The molecule has 4 aliphatic carbocycles. The van der Waals surface area contributed by atoms with Gasteiger partial charge in [0.1, 0.15) is 5.60 Å². The summed E-state index contributed by atoms with van der Waals surface area (Å²) in [5.41, 5.74) is 1.76. The molecular formula is C29H31F3O2. The highest BCUT2D eigenvalue weighted by Gasteiger charge is 2.65. The number of hydrogen-bond donors (Lipinski definition) is 1. The van der Waals surface area contributed by atoms with E-state index in [1.54, 1.807) is 19.1 Å². The summed E-state index contributed by atoms with van der Waals surface area (Å²) in [5, 5.41) is 11.9. The van der Waals surface area contributed by atoms with Crippen molar-refractivity contribution in [3.63, 3.8) is 0 Å². The van der Waals surface area contributed by atoms with Crippen molar-refractivity contribution in [3.8, 4) is 11.8 Å². The minimum atomic E-state index is -4.42. The van der Waals surface area contributed by atoms with Gasteiger partial charge in [-0.05, 0) is 85.6 Å². The van der Waals surface area contributed by atoms with Crippen LogP contribution in [0.5, 0.6) is 0 Å². The average molecular weight is 469 g/mol. The van der Waals surface area contributed by atoms with Gasteiger partial charge in [-0.2, -0.15) is 13.2 Å². The molecule has 0 spiro atoms. The number of carbonyl (C=O) groups is 1. The zero-order chi connectivity index (χ0) is 24.5. The van der Waals surface area contributed by atoms with Crippen molar-refractivity contribution in [2.24, 2.45) is 23.2 Å². The maximum absolute atomic E-state index is 13.6. The fourth-order valence-corrected chi connectivity index (χ4v) is 7.68. The molecule has 0 aromatic heterocycles. The topological polar surface area (TPSA) is 37.3 Å². The van der Waals surface area contributed by atoms with E-state index >= 15 is 0 Å². The summed E-state index contributed by atoms with van der Waals surface area (Å²) in [4.78, 5) is 12.1. The van der Waals surface area contributed by atoms with E-state index in [1.165, 1.54) is 23.3 Å². The van der Waals surface area contributed by atoms with E-state index in [0.29, 0.717) is 24.8 Å². The highest BCUT2D eigenvalue weighted by molar-refractivity contribution is 5.93.